The molecule has 4 rings (SSSR count). The molecular weight excluding hydrogens is 354 g/mol. The molecule has 3 aromatic rings. The maximum Gasteiger partial charge on any atom is 0.164 e. The van der Waals surface area contributed by atoms with Crippen LogP contribution in [0.5, 0.6) is 0 Å². The van der Waals surface area contributed by atoms with Crippen molar-refractivity contribution in [3.8, 4) is 0 Å². The molecule has 3 atom stereocenters. The second-order valence-electron chi connectivity index (χ2n) is 6.24. The monoisotopic (exact) mass is 371 g/mol. The van der Waals surface area contributed by atoms with Crippen LogP contribution in [-0.4, -0.2) is 19.7 Å². The summed E-state index contributed by atoms with van der Waals surface area (Å²) in [6.07, 6.45) is 2.84. The first-order valence-electron chi connectivity index (χ1n) is 7.80. The first-order valence-corrected chi connectivity index (χ1v) is 8.59. The molecule has 0 bridgehead atoms. The Morgan fingerprint density at radius 3 is 2.70 bits per heavy atom. The Morgan fingerprint density at radius 1 is 1.26 bits per heavy atom. The molecule has 1 aliphatic carbocycles. The van der Waals surface area contributed by atoms with E-state index in [0.29, 0.717) is 5.92 Å². The van der Waals surface area contributed by atoms with Gasteiger partial charge in [0, 0.05) is 7.05 Å². The van der Waals surface area contributed by atoms with Crippen LogP contribution in [0.1, 0.15) is 24.9 Å². The van der Waals surface area contributed by atoms with Gasteiger partial charge < -0.3 is 5.32 Å². The van der Waals surface area contributed by atoms with Crippen molar-refractivity contribution >= 4 is 32.8 Å². The molecule has 6 heteroatoms. The molecule has 2 heterocycles. The number of rotatable bonds is 4. The molecule has 0 saturated heterocycles. The summed E-state index contributed by atoms with van der Waals surface area (Å²) in [5, 5.41) is 8.98. The summed E-state index contributed by atoms with van der Waals surface area (Å²) in [7, 11) is 1.89. The first kappa shape index (κ1) is 14.6. The highest BCUT2D eigenvalue weighted by atomic mass is 79.9. The van der Waals surface area contributed by atoms with Crippen LogP contribution < -0.4 is 5.32 Å². The van der Waals surface area contributed by atoms with E-state index in [1.54, 1.807) is 11.0 Å². The zero-order valence-corrected chi connectivity index (χ0v) is 14.7. The van der Waals surface area contributed by atoms with Crippen molar-refractivity contribution < 1.29 is 0 Å². The second kappa shape index (κ2) is 5.60. The minimum Gasteiger partial charge on any atom is -0.362 e. The highest BCUT2D eigenvalue weighted by Crippen LogP contribution is 2.48. The van der Waals surface area contributed by atoms with E-state index in [1.807, 2.05) is 7.05 Å². The van der Waals surface area contributed by atoms with Crippen LogP contribution in [0.15, 0.2) is 41.3 Å². The van der Waals surface area contributed by atoms with E-state index in [0.717, 1.165) is 27.4 Å². The number of anilines is 1. The Labute approximate surface area is 143 Å². The van der Waals surface area contributed by atoms with Gasteiger partial charge in [-0.15, -0.1) is 0 Å². The summed E-state index contributed by atoms with van der Waals surface area (Å²) in [5.41, 5.74) is 2.12. The third-order valence-corrected chi connectivity index (χ3v) is 5.18. The average molecular weight is 372 g/mol. The van der Waals surface area contributed by atoms with Gasteiger partial charge in [0.05, 0.1) is 11.4 Å². The van der Waals surface area contributed by atoms with Crippen molar-refractivity contribution in [3.05, 3.63) is 46.8 Å². The van der Waals surface area contributed by atoms with Crippen molar-refractivity contribution in [1.82, 2.24) is 19.7 Å². The third-order valence-electron chi connectivity index (χ3n) is 4.63. The molecule has 118 valence electrons. The fourth-order valence-electron chi connectivity index (χ4n) is 3.21. The van der Waals surface area contributed by atoms with Crippen LogP contribution in [0.25, 0.3) is 11.0 Å². The first-order chi connectivity index (χ1) is 11.1. The molecule has 5 nitrogen and oxygen atoms in total. The van der Waals surface area contributed by atoms with E-state index in [-0.39, 0.29) is 6.04 Å². The molecule has 23 heavy (non-hydrogen) atoms. The van der Waals surface area contributed by atoms with Gasteiger partial charge in [-0.2, -0.15) is 5.10 Å². The van der Waals surface area contributed by atoms with Crippen molar-refractivity contribution in [2.45, 2.75) is 19.4 Å². The standard InChI is InChI=1S/C17H18BrN5/c1-10-8-12(10)14(11-6-4-3-5-7-11)21-16-13-15(18)22-23(2)17(13)20-9-19-16/h3-7,9-10,12,14H,8H2,1-2H3,(H,19,20,21). The van der Waals surface area contributed by atoms with Gasteiger partial charge in [-0.3, -0.25) is 0 Å². The largest absolute Gasteiger partial charge is 0.362 e. The lowest BCUT2D eigenvalue weighted by Crippen LogP contribution is -2.15. The van der Waals surface area contributed by atoms with Crippen LogP contribution in [0, 0.1) is 11.8 Å². The highest BCUT2D eigenvalue weighted by molar-refractivity contribution is 9.10. The Morgan fingerprint density at radius 2 is 2.00 bits per heavy atom. The lowest BCUT2D eigenvalue weighted by Gasteiger charge is -2.20. The van der Waals surface area contributed by atoms with E-state index in [9.17, 15) is 0 Å². The Hall–Kier alpha value is -1.95. The maximum absolute atomic E-state index is 4.48. The third kappa shape index (κ3) is 2.61. The summed E-state index contributed by atoms with van der Waals surface area (Å²) in [6, 6.07) is 10.9. The van der Waals surface area contributed by atoms with Crippen molar-refractivity contribution in [3.63, 3.8) is 0 Å². The van der Waals surface area contributed by atoms with E-state index < -0.39 is 0 Å². The summed E-state index contributed by atoms with van der Waals surface area (Å²) >= 11 is 3.53. The summed E-state index contributed by atoms with van der Waals surface area (Å²) in [4.78, 5) is 8.81. The fourth-order valence-corrected chi connectivity index (χ4v) is 3.81. The molecular formula is C17H18BrN5. The minimum absolute atomic E-state index is 0.261. The van der Waals surface area contributed by atoms with Crippen LogP contribution in [0.4, 0.5) is 5.82 Å². The topological polar surface area (TPSA) is 55.6 Å². The quantitative estimate of drug-likeness (QED) is 0.754. The van der Waals surface area contributed by atoms with Gasteiger partial charge in [-0.25, -0.2) is 14.6 Å². The smallest absolute Gasteiger partial charge is 0.164 e. The van der Waals surface area contributed by atoms with Gasteiger partial charge in [0.2, 0.25) is 0 Å². The molecule has 0 spiro atoms. The predicted molar refractivity (Wildman–Crippen MR) is 94.1 cm³/mol. The van der Waals surface area contributed by atoms with Crippen molar-refractivity contribution in [1.29, 1.82) is 0 Å². The molecule has 0 amide bonds. The van der Waals surface area contributed by atoms with Gasteiger partial charge in [-0.1, -0.05) is 37.3 Å². The second-order valence-corrected chi connectivity index (χ2v) is 7.00. The van der Waals surface area contributed by atoms with Gasteiger partial charge in [-0.05, 0) is 39.8 Å². The number of aromatic nitrogens is 4. The molecule has 0 aliphatic heterocycles. The molecule has 1 saturated carbocycles. The van der Waals surface area contributed by atoms with E-state index in [1.165, 1.54) is 12.0 Å². The molecule has 1 aliphatic rings. The SMILES string of the molecule is CC1CC1C(Nc1ncnc2c1c(Br)nn2C)c1ccccc1. The minimum atomic E-state index is 0.261. The number of nitrogens with zero attached hydrogens (tertiary/aromatic N) is 4. The zero-order chi connectivity index (χ0) is 16.0. The van der Waals surface area contributed by atoms with E-state index in [2.05, 4.69) is 73.6 Å². The van der Waals surface area contributed by atoms with Crippen LogP contribution >= 0.6 is 15.9 Å². The van der Waals surface area contributed by atoms with E-state index in [4.69, 9.17) is 0 Å². The lowest BCUT2D eigenvalue weighted by atomic mass is 10.0. The lowest BCUT2D eigenvalue weighted by molar-refractivity contribution is 0.629. The number of hydrogen-bond acceptors (Lipinski definition) is 4. The van der Waals surface area contributed by atoms with Gasteiger partial charge in [0.25, 0.3) is 0 Å². The molecule has 0 radical (unpaired) electrons. The molecule has 1 fully saturated rings. The summed E-state index contributed by atoms with van der Waals surface area (Å²) in [5.74, 6) is 2.21. The van der Waals surface area contributed by atoms with Crippen LogP contribution in [-0.2, 0) is 7.05 Å². The number of benzene rings is 1. The van der Waals surface area contributed by atoms with Crippen molar-refractivity contribution in [2.24, 2.45) is 18.9 Å². The zero-order valence-electron chi connectivity index (χ0n) is 13.1. The number of hydrogen-bond donors (Lipinski definition) is 1. The number of fused-ring (bicyclic) bond motifs is 1. The molecule has 1 N–H and O–H groups in total. The number of halogens is 1. The molecule has 1 aromatic carbocycles. The Kier molecular flexibility index (Phi) is 3.56. The Balaban J connectivity index is 1.76. The maximum atomic E-state index is 4.48. The fraction of sp³-hybridized carbons (Fsp3) is 0.353. The number of aryl methyl sites for hydroxylation is 1. The van der Waals surface area contributed by atoms with Crippen LogP contribution in [0.3, 0.4) is 0 Å². The van der Waals surface area contributed by atoms with Gasteiger partial charge >= 0.3 is 0 Å². The molecule has 2 aromatic heterocycles. The summed E-state index contributed by atoms with van der Waals surface area (Å²) in [6.45, 7) is 2.30. The number of nitrogens with one attached hydrogen (secondary N) is 1. The Bertz CT molecular complexity index is 845. The van der Waals surface area contributed by atoms with Crippen molar-refractivity contribution in [2.75, 3.05) is 5.32 Å². The normalized spacial score (nSPS) is 21.3. The molecule has 3 unspecified atom stereocenters. The van der Waals surface area contributed by atoms with E-state index >= 15 is 0 Å². The van der Waals surface area contributed by atoms with Crippen LogP contribution in [0.2, 0.25) is 0 Å². The van der Waals surface area contributed by atoms with Gasteiger partial charge in [0.15, 0.2) is 5.65 Å². The summed E-state index contributed by atoms with van der Waals surface area (Å²) < 4.78 is 2.54. The average Bonchev–Trinajstić information content (AvgIpc) is 3.21. The van der Waals surface area contributed by atoms with Gasteiger partial charge in [0.1, 0.15) is 16.7 Å². The predicted octanol–water partition coefficient (Wildman–Crippen LogP) is 3.94. The highest BCUT2D eigenvalue weighted by Gasteiger charge is 2.40.